The van der Waals surface area contributed by atoms with Crippen molar-refractivity contribution >= 4 is 28.4 Å². The average molecular weight is 437 g/mol. The van der Waals surface area contributed by atoms with E-state index in [1.54, 1.807) is 18.5 Å². The molecule has 2 aromatic heterocycles. The summed E-state index contributed by atoms with van der Waals surface area (Å²) in [6, 6.07) is 16.3. The smallest absolute Gasteiger partial charge is 0.295 e. The number of pyridine rings is 1. The standard InChI is InChI=1S/C27H23N3O3/c1-16-9-10-17(2)20(12-16)25(31)23-24(21-14-29-22-8-4-3-7-19(21)22)30(27(33)26(23)32)15-18-6-5-11-28-13-18/h3-14,24,29,31H,15H2,1-2H3/b25-23+. The third kappa shape index (κ3) is 3.49. The number of aromatic nitrogens is 2. The highest BCUT2D eigenvalue weighted by Crippen LogP contribution is 2.43. The van der Waals surface area contributed by atoms with Crippen LogP contribution in [0.5, 0.6) is 0 Å². The average Bonchev–Trinajstić information content (AvgIpc) is 3.35. The van der Waals surface area contributed by atoms with E-state index < -0.39 is 17.7 Å². The Balaban J connectivity index is 1.74. The lowest BCUT2D eigenvalue weighted by molar-refractivity contribution is -0.140. The Bertz CT molecular complexity index is 1420. The van der Waals surface area contributed by atoms with Gasteiger partial charge in [0.05, 0.1) is 11.6 Å². The number of aliphatic hydroxyl groups excluding tert-OH is 1. The second kappa shape index (κ2) is 8.06. The highest BCUT2D eigenvalue weighted by Gasteiger charge is 2.47. The number of nitrogens with zero attached hydrogens (tertiary/aromatic N) is 2. The lowest BCUT2D eigenvalue weighted by atomic mass is 9.93. The predicted octanol–water partition coefficient (Wildman–Crippen LogP) is 4.80. The maximum atomic E-state index is 13.3. The number of ketones is 1. The van der Waals surface area contributed by atoms with Crippen LogP contribution < -0.4 is 0 Å². The van der Waals surface area contributed by atoms with Crippen LogP contribution in [0.15, 0.2) is 78.8 Å². The van der Waals surface area contributed by atoms with Crippen molar-refractivity contribution in [1.82, 2.24) is 14.9 Å². The van der Waals surface area contributed by atoms with Gasteiger partial charge >= 0.3 is 0 Å². The number of nitrogens with one attached hydrogen (secondary N) is 1. The number of fused-ring (bicyclic) bond motifs is 1. The summed E-state index contributed by atoms with van der Waals surface area (Å²) in [5, 5.41) is 12.3. The van der Waals surface area contributed by atoms with E-state index in [9.17, 15) is 14.7 Å². The first-order valence-electron chi connectivity index (χ1n) is 10.8. The molecule has 4 aromatic rings. The van der Waals surface area contributed by atoms with Gasteiger partial charge in [0.25, 0.3) is 11.7 Å². The van der Waals surface area contributed by atoms with Crippen LogP contribution in [0.2, 0.25) is 0 Å². The summed E-state index contributed by atoms with van der Waals surface area (Å²) in [5.41, 5.74) is 4.90. The van der Waals surface area contributed by atoms with Gasteiger partial charge in [-0.25, -0.2) is 0 Å². The number of carbonyl (C=O) groups is 2. The Morgan fingerprint density at radius 2 is 1.91 bits per heavy atom. The monoisotopic (exact) mass is 437 g/mol. The summed E-state index contributed by atoms with van der Waals surface area (Å²) >= 11 is 0. The number of likely N-dealkylation sites (tertiary alicyclic amines) is 1. The van der Waals surface area contributed by atoms with Crippen molar-refractivity contribution < 1.29 is 14.7 Å². The molecule has 1 aliphatic heterocycles. The molecule has 0 bridgehead atoms. The van der Waals surface area contributed by atoms with Crippen LogP contribution >= 0.6 is 0 Å². The summed E-state index contributed by atoms with van der Waals surface area (Å²) in [7, 11) is 0. The number of rotatable bonds is 4. The minimum Gasteiger partial charge on any atom is -0.507 e. The molecule has 2 aromatic carbocycles. The van der Waals surface area contributed by atoms with Crippen LogP contribution in [-0.2, 0) is 16.1 Å². The zero-order valence-electron chi connectivity index (χ0n) is 18.4. The molecule has 164 valence electrons. The summed E-state index contributed by atoms with van der Waals surface area (Å²) in [4.78, 5) is 35.5. The zero-order chi connectivity index (χ0) is 23.1. The first-order chi connectivity index (χ1) is 16.0. The minimum absolute atomic E-state index is 0.0994. The Labute approximate surface area is 191 Å². The normalized spacial score (nSPS) is 17.8. The first-order valence-corrected chi connectivity index (χ1v) is 10.8. The number of aryl methyl sites for hydroxylation is 2. The Kier molecular flexibility index (Phi) is 5.05. The van der Waals surface area contributed by atoms with E-state index in [-0.39, 0.29) is 17.9 Å². The number of aliphatic hydroxyl groups is 1. The number of amides is 1. The van der Waals surface area contributed by atoms with E-state index in [0.29, 0.717) is 5.56 Å². The number of H-pyrrole nitrogens is 1. The fourth-order valence-corrected chi connectivity index (χ4v) is 4.51. The van der Waals surface area contributed by atoms with Crippen LogP contribution in [0.4, 0.5) is 0 Å². The molecule has 6 heteroatoms. The highest BCUT2D eigenvalue weighted by atomic mass is 16.3. The second-order valence-electron chi connectivity index (χ2n) is 8.40. The maximum Gasteiger partial charge on any atom is 0.295 e. The van der Waals surface area contributed by atoms with E-state index >= 15 is 0 Å². The van der Waals surface area contributed by atoms with Crippen molar-refractivity contribution in [2.24, 2.45) is 0 Å². The minimum atomic E-state index is -0.735. The molecule has 3 heterocycles. The molecule has 0 spiro atoms. The van der Waals surface area contributed by atoms with Crippen LogP contribution in [0.1, 0.15) is 33.9 Å². The molecule has 1 fully saturated rings. The molecule has 1 saturated heterocycles. The summed E-state index contributed by atoms with van der Waals surface area (Å²) < 4.78 is 0. The third-order valence-corrected chi connectivity index (χ3v) is 6.18. The number of hydrogen-bond acceptors (Lipinski definition) is 4. The Morgan fingerprint density at radius 1 is 1.09 bits per heavy atom. The van der Waals surface area contributed by atoms with Crippen LogP contribution in [0.25, 0.3) is 16.7 Å². The molecule has 1 unspecified atom stereocenters. The zero-order valence-corrected chi connectivity index (χ0v) is 18.4. The van der Waals surface area contributed by atoms with Crippen molar-refractivity contribution in [3.8, 4) is 0 Å². The van der Waals surface area contributed by atoms with Crippen molar-refractivity contribution in [3.05, 3.63) is 107 Å². The molecular weight excluding hydrogens is 414 g/mol. The van der Waals surface area contributed by atoms with Crippen LogP contribution in [-0.4, -0.2) is 31.7 Å². The molecular formula is C27H23N3O3. The summed E-state index contributed by atoms with van der Waals surface area (Å²) in [5.74, 6) is -1.48. The fourth-order valence-electron chi connectivity index (χ4n) is 4.51. The van der Waals surface area contributed by atoms with Gasteiger partial charge in [-0.1, -0.05) is 42.0 Å². The number of hydrogen-bond donors (Lipinski definition) is 2. The summed E-state index contributed by atoms with van der Waals surface area (Å²) in [6.45, 7) is 4.00. The van der Waals surface area contributed by atoms with Gasteiger partial charge in [0.2, 0.25) is 0 Å². The molecule has 0 saturated carbocycles. The molecule has 1 aliphatic rings. The number of benzene rings is 2. The number of para-hydroxylation sites is 1. The quantitative estimate of drug-likeness (QED) is 0.273. The van der Waals surface area contributed by atoms with Gasteiger partial charge in [0.1, 0.15) is 5.76 Å². The fraction of sp³-hybridized carbons (Fsp3) is 0.148. The van der Waals surface area contributed by atoms with Gasteiger partial charge in [-0.15, -0.1) is 0 Å². The van der Waals surface area contributed by atoms with Crippen LogP contribution in [0, 0.1) is 13.8 Å². The third-order valence-electron chi connectivity index (χ3n) is 6.18. The SMILES string of the molecule is Cc1ccc(C)c(/C(O)=C2\C(=O)C(=O)N(Cc3cccnc3)C2c2c[nH]c3ccccc23)c1. The molecule has 1 atom stereocenters. The Hall–Kier alpha value is -4.19. The van der Waals surface area contributed by atoms with Crippen molar-refractivity contribution in [2.75, 3.05) is 0 Å². The van der Waals surface area contributed by atoms with Crippen molar-refractivity contribution in [1.29, 1.82) is 0 Å². The highest BCUT2D eigenvalue weighted by molar-refractivity contribution is 6.46. The van der Waals surface area contributed by atoms with Crippen molar-refractivity contribution in [3.63, 3.8) is 0 Å². The van der Waals surface area contributed by atoms with Gasteiger partial charge in [-0.3, -0.25) is 14.6 Å². The molecule has 0 radical (unpaired) electrons. The molecule has 33 heavy (non-hydrogen) atoms. The predicted molar refractivity (Wildman–Crippen MR) is 126 cm³/mol. The van der Waals surface area contributed by atoms with E-state index in [1.165, 1.54) is 4.90 Å². The maximum absolute atomic E-state index is 13.3. The van der Waals surface area contributed by atoms with E-state index in [2.05, 4.69) is 9.97 Å². The lowest BCUT2D eigenvalue weighted by Crippen LogP contribution is -2.29. The number of aromatic amines is 1. The van der Waals surface area contributed by atoms with E-state index in [4.69, 9.17) is 0 Å². The van der Waals surface area contributed by atoms with Gasteiger partial charge in [-0.05, 0) is 43.2 Å². The lowest BCUT2D eigenvalue weighted by Gasteiger charge is -2.25. The first kappa shape index (κ1) is 20.7. The van der Waals surface area contributed by atoms with Crippen molar-refractivity contribution in [2.45, 2.75) is 26.4 Å². The van der Waals surface area contributed by atoms with Gasteiger partial charge in [0.15, 0.2) is 0 Å². The number of Topliss-reactive ketones (excluding diaryl/α,β-unsaturated/α-hetero) is 1. The molecule has 2 N–H and O–H groups in total. The largest absolute Gasteiger partial charge is 0.507 e. The molecule has 0 aliphatic carbocycles. The molecule has 1 amide bonds. The summed E-state index contributed by atoms with van der Waals surface area (Å²) in [6.07, 6.45) is 5.15. The molecule has 5 rings (SSSR count). The topological polar surface area (TPSA) is 86.3 Å². The van der Waals surface area contributed by atoms with E-state index in [1.807, 2.05) is 68.6 Å². The second-order valence-corrected chi connectivity index (χ2v) is 8.40. The van der Waals surface area contributed by atoms with Gasteiger partial charge in [-0.2, -0.15) is 0 Å². The molecule has 6 nitrogen and oxygen atoms in total. The van der Waals surface area contributed by atoms with Gasteiger partial charge in [0, 0.05) is 47.2 Å². The Morgan fingerprint density at radius 3 is 2.70 bits per heavy atom. The van der Waals surface area contributed by atoms with E-state index in [0.717, 1.165) is 33.2 Å². The number of carbonyl (C=O) groups excluding carboxylic acids is 2. The van der Waals surface area contributed by atoms with Gasteiger partial charge < -0.3 is 15.0 Å². The van der Waals surface area contributed by atoms with Crippen LogP contribution in [0.3, 0.4) is 0 Å².